The quantitative estimate of drug-likeness (QED) is 0.216. The minimum atomic E-state index is -0.449. The monoisotopic (exact) mass is 629 g/mol. The lowest BCUT2D eigenvalue weighted by Gasteiger charge is -2.41. The molecule has 1 aromatic rings. The lowest BCUT2D eigenvalue weighted by molar-refractivity contribution is -0.148. The molecule has 3 amide bonds. The summed E-state index contributed by atoms with van der Waals surface area (Å²) >= 11 is 0. The molecule has 8 atom stereocenters. The Kier molecular flexibility index (Phi) is 16.0. The minimum absolute atomic E-state index is 0.0202. The van der Waals surface area contributed by atoms with E-state index < -0.39 is 18.1 Å². The van der Waals surface area contributed by atoms with E-state index in [-0.39, 0.29) is 60.0 Å². The number of likely N-dealkylation sites (tertiary alicyclic amines) is 1. The van der Waals surface area contributed by atoms with Gasteiger partial charge in [-0.3, -0.25) is 14.4 Å². The zero-order valence-corrected chi connectivity index (χ0v) is 30.0. The Balaban J connectivity index is 2.18. The zero-order chi connectivity index (χ0) is 33.8. The summed E-state index contributed by atoms with van der Waals surface area (Å²) in [5.41, 5.74) is 1.17. The number of nitrogens with one attached hydrogen (secondary N) is 1. The van der Waals surface area contributed by atoms with Gasteiger partial charge in [0.05, 0.1) is 36.6 Å². The molecule has 45 heavy (non-hydrogen) atoms. The summed E-state index contributed by atoms with van der Waals surface area (Å²) in [6.07, 6.45) is 3.35. The van der Waals surface area contributed by atoms with Crippen molar-refractivity contribution in [1.82, 2.24) is 15.1 Å². The van der Waals surface area contributed by atoms with Gasteiger partial charge in [0.25, 0.3) is 0 Å². The van der Waals surface area contributed by atoms with Gasteiger partial charge < -0.3 is 24.6 Å². The molecule has 8 heteroatoms. The van der Waals surface area contributed by atoms with E-state index in [1.165, 1.54) is 5.56 Å². The number of nitrogens with zero attached hydrogens (tertiary/aromatic N) is 2. The van der Waals surface area contributed by atoms with Crippen LogP contribution < -0.4 is 5.32 Å². The fraction of sp³-hybridized carbons (Fsp3) is 0.757. The van der Waals surface area contributed by atoms with Crippen molar-refractivity contribution in [2.75, 3.05) is 27.8 Å². The first-order valence-electron chi connectivity index (χ1n) is 17.2. The molecule has 1 aliphatic rings. The van der Waals surface area contributed by atoms with Crippen molar-refractivity contribution in [1.29, 1.82) is 0 Å². The molecule has 1 aromatic carbocycles. The van der Waals surface area contributed by atoms with E-state index in [4.69, 9.17) is 9.47 Å². The van der Waals surface area contributed by atoms with Gasteiger partial charge in [-0.05, 0) is 55.9 Å². The fourth-order valence-corrected chi connectivity index (χ4v) is 7.13. The Hall–Kier alpha value is -2.45. The van der Waals surface area contributed by atoms with Crippen LogP contribution in [0.4, 0.5) is 0 Å². The number of ether oxygens (including phenoxy) is 2. The molecule has 8 nitrogen and oxygen atoms in total. The second kappa shape index (κ2) is 18.6. The van der Waals surface area contributed by atoms with Crippen LogP contribution in [0.1, 0.15) is 93.1 Å². The van der Waals surface area contributed by atoms with Crippen LogP contribution in [0.25, 0.3) is 0 Å². The average Bonchev–Trinajstić information content (AvgIpc) is 3.49. The fourth-order valence-electron chi connectivity index (χ4n) is 7.13. The molecule has 5 unspecified atom stereocenters. The van der Waals surface area contributed by atoms with E-state index in [0.717, 1.165) is 32.1 Å². The van der Waals surface area contributed by atoms with Gasteiger partial charge in [-0.25, -0.2) is 0 Å². The molecule has 1 heterocycles. The summed E-state index contributed by atoms with van der Waals surface area (Å²) in [6.45, 7) is 17.3. The van der Waals surface area contributed by atoms with Gasteiger partial charge in [0.15, 0.2) is 0 Å². The number of methoxy groups -OCH3 is 2. The molecule has 0 aromatic heterocycles. The van der Waals surface area contributed by atoms with Gasteiger partial charge in [0, 0.05) is 39.8 Å². The summed E-state index contributed by atoms with van der Waals surface area (Å²) in [5.74, 6) is 0.294. The third-order valence-corrected chi connectivity index (χ3v) is 9.88. The van der Waals surface area contributed by atoms with Crippen LogP contribution in [-0.2, 0) is 30.3 Å². The van der Waals surface area contributed by atoms with Crippen LogP contribution in [0.3, 0.4) is 0 Å². The number of rotatable bonds is 18. The van der Waals surface area contributed by atoms with Crippen molar-refractivity contribution in [2.24, 2.45) is 29.6 Å². The zero-order valence-electron chi connectivity index (χ0n) is 30.0. The number of carbonyl (C=O) groups excluding carboxylic acids is 3. The van der Waals surface area contributed by atoms with Gasteiger partial charge in [-0.2, -0.15) is 0 Å². The van der Waals surface area contributed by atoms with E-state index in [1.807, 2.05) is 48.9 Å². The Morgan fingerprint density at radius 1 is 1.00 bits per heavy atom. The van der Waals surface area contributed by atoms with Gasteiger partial charge >= 0.3 is 0 Å². The average molecular weight is 630 g/mol. The highest BCUT2D eigenvalue weighted by atomic mass is 16.5. The highest BCUT2D eigenvalue weighted by Crippen LogP contribution is 2.31. The van der Waals surface area contributed by atoms with Gasteiger partial charge in [-0.15, -0.1) is 0 Å². The highest BCUT2D eigenvalue weighted by molar-refractivity contribution is 5.81. The molecule has 2 rings (SSSR count). The summed E-state index contributed by atoms with van der Waals surface area (Å²) in [5, 5.41) is 3.16. The number of benzene rings is 1. The molecule has 0 spiro atoms. The second-order valence-corrected chi connectivity index (χ2v) is 14.2. The van der Waals surface area contributed by atoms with Crippen molar-refractivity contribution in [3.63, 3.8) is 0 Å². The lowest BCUT2D eigenvalue weighted by atomic mass is 9.84. The van der Waals surface area contributed by atoms with E-state index >= 15 is 0 Å². The van der Waals surface area contributed by atoms with Crippen LogP contribution >= 0.6 is 0 Å². The maximum absolute atomic E-state index is 14.0. The molecule has 0 aliphatic carbocycles. The van der Waals surface area contributed by atoms with Crippen molar-refractivity contribution in [3.05, 3.63) is 35.9 Å². The Morgan fingerprint density at radius 3 is 2.18 bits per heavy atom. The summed E-state index contributed by atoms with van der Waals surface area (Å²) in [6, 6.07) is 9.65. The Bertz CT molecular complexity index is 1050. The lowest BCUT2D eigenvalue weighted by Crippen LogP contribution is -2.54. The molecule has 1 fully saturated rings. The number of amides is 3. The summed E-state index contributed by atoms with van der Waals surface area (Å²) in [4.78, 5) is 45.0. The van der Waals surface area contributed by atoms with Crippen LogP contribution in [0, 0.1) is 29.6 Å². The van der Waals surface area contributed by atoms with Crippen molar-refractivity contribution in [2.45, 2.75) is 124 Å². The largest absolute Gasteiger partial charge is 0.379 e. The third kappa shape index (κ3) is 10.8. The third-order valence-electron chi connectivity index (χ3n) is 9.88. The van der Waals surface area contributed by atoms with E-state index in [0.29, 0.717) is 12.5 Å². The number of hydrogen-bond acceptors (Lipinski definition) is 5. The van der Waals surface area contributed by atoms with Crippen molar-refractivity contribution < 1.29 is 23.9 Å². The first kappa shape index (κ1) is 38.7. The summed E-state index contributed by atoms with van der Waals surface area (Å²) < 4.78 is 12.0. The van der Waals surface area contributed by atoms with Crippen LogP contribution in [0.5, 0.6) is 0 Å². The van der Waals surface area contributed by atoms with E-state index in [2.05, 4.69) is 59.0 Å². The van der Waals surface area contributed by atoms with Crippen LogP contribution in [0.15, 0.2) is 30.3 Å². The smallest absolute Gasteiger partial charge is 0.226 e. The molecular weight excluding hydrogens is 566 g/mol. The predicted octanol–water partition coefficient (Wildman–Crippen LogP) is 5.97. The van der Waals surface area contributed by atoms with E-state index in [9.17, 15) is 14.4 Å². The normalized spacial score (nSPS) is 19.9. The molecule has 1 saturated heterocycles. The standard InChI is InChI=1S/C37H63N3O5/c1-12-26(6)34(39(9)37(43)30(25(4)5)21-24(2)3)32(44-10)23-33(41)40-20-16-19-31(40)35(45-11)28(8)36(42)38-27(7)22-29-17-14-13-15-18-29/h13-15,17-18,24-28,30-32,34-35H,12,16,19-23H2,1-11H3,(H,38,42)/t26?,27-,28-,30+,31?,32?,34?,35?/m1/s1. The topological polar surface area (TPSA) is 88.2 Å². The Morgan fingerprint density at radius 2 is 1.64 bits per heavy atom. The molecule has 0 bridgehead atoms. The first-order chi connectivity index (χ1) is 21.3. The minimum Gasteiger partial charge on any atom is -0.379 e. The van der Waals surface area contributed by atoms with Gasteiger partial charge in [0.1, 0.15) is 0 Å². The molecule has 0 saturated carbocycles. The van der Waals surface area contributed by atoms with Gasteiger partial charge in [-0.1, -0.05) is 85.2 Å². The van der Waals surface area contributed by atoms with Gasteiger partial charge in [0.2, 0.25) is 17.7 Å². The van der Waals surface area contributed by atoms with Crippen molar-refractivity contribution in [3.8, 4) is 0 Å². The number of hydrogen-bond donors (Lipinski definition) is 1. The Labute approximate surface area is 274 Å². The molecule has 256 valence electrons. The first-order valence-corrected chi connectivity index (χ1v) is 17.2. The maximum Gasteiger partial charge on any atom is 0.226 e. The molecule has 1 N–H and O–H groups in total. The second-order valence-electron chi connectivity index (χ2n) is 14.2. The van der Waals surface area contributed by atoms with Crippen LogP contribution in [0.2, 0.25) is 0 Å². The number of likely N-dealkylation sites (N-methyl/N-ethyl adjacent to an activating group) is 1. The number of carbonyl (C=O) groups is 3. The summed E-state index contributed by atoms with van der Waals surface area (Å²) in [7, 11) is 5.15. The highest BCUT2D eigenvalue weighted by Gasteiger charge is 2.42. The predicted molar refractivity (Wildman–Crippen MR) is 182 cm³/mol. The molecule has 0 radical (unpaired) electrons. The SMILES string of the molecule is CCC(C)C(C(CC(=O)N1CCCC1C(OC)[C@@H](C)C(=O)N[C@H](C)Cc1ccccc1)OC)N(C)C(=O)[C@@H](CC(C)C)C(C)C. The maximum atomic E-state index is 14.0. The molecule has 1 aliphatic heterocycles. The molecular formula is C37H63N3O5. The van der Waals surface area contributed by atoms with E-state index in [1.54, 1.807) is 14.2 Å². The van der Waals surface area contributed by atoms with Crippen LogP contribution in [-0.4, -0.2) is 85.7 Å². The van der Waals surface area contributed by atoms with Crippen molar-refractivity contribution >= 4 is 17.7 Å².